The summed E-state index contributed by atoms with van der Waals surface area (Å²) >= 11 is 1.78. The molecule has 1 saturated heterocycles. The van der Waals surface area contributed by atoms with Gasteiger partial charge in [0.1, 0.15) is 5.75 Å². The molecule has 0 bridgehead atoms. The van der Waals surface area contributed by atoms with Crippen LogP contribution in [0.4, 0.5) is 5.13 Å². The molecule has 1 aromatic carbocycles. The number of ether oxygens (including phenoxy) is 2. The molecule has 0 spiro atoms. The lowest BCUT2D eigenvalue weighted by Gasteiger charge is -2.32. The first-order chi connectivity index (χ1) is 16.0. The quantitative estimate of drug-likeness (QED) is 0.347. The first kappa shape index (κ1) is 25.2. The molecule has 3 rings (SSSR count). The van der Waals surface area contributed by atoms with Gasteiger partial charge in [0.15, 0.2) is 5.13 Å². The first-order valence-electron chi connectivity index (χ1n) is 11.6. The van der Waals surface area contributed by atoms with Gasteiger partial charge < -0.3 is 19.3 Å². The van der Waals surface area contributed by atoms with Crippen molar-refractivity contribution in [2.24, 2.45) is 0 Å². The first-order valence-corrected chi connectivity index (χ1v) is 12.4. The third-order valence-corrected chi connectivity index (χ3v) is 6.69. The maximum Gasteiger partial charge on any atom is 0.320 e. The van der Waals surface area contributed by atoms with Gasteiger partial charge in [0, 0.05) is 50.6 Å². The van der Waals surface area contributed by atoms with Crippen molar-refractivity contribution in [1.29, 1.82) is 0 Å². The highest BCUT2D eigenvalue weighted by Crippen LogP contribution is 2.27. The van der Waals surface area contributed by atoms with Crippen molar-refractivity contribution >= 4 is 22.4 Å². The molecule has 2 heterocycles. The van der Waals surface area contributed by atoms with Crippen LogP contribution in [0.3, 0.4) is 0 Å². The second-order valence-electron chi connectivity index (χ2n) is 8.30. The third-order valence-electron chi connectivity index (χ3n) is 5.61. The van der Waals surface area contributed by atoms with Gasteiger partial charge in [0.2, 0.25) is 0 Å². The number of carbonyl (C=O) groups is 1. The zero-order valence-corrected chi connectivity index (χ0v) is 20.9. The van der Waals surface area contributed by atoms with E-state index in [-0.39, 0.29) is 12.5 Å². The van der Waals surface area contributed by atoms with Gasteiger partial charge in [-0.25, -0.2) is 4.98 Å². The third kappa shape index (κ3) is 7.84. The highest BCUT2D eigenvalue weighted by atomic mass is 32.1. The molecule has 0 N–H and O–H groups in total. The summed E-state index contributed by atoms with van der Waals surface area (Å²) in [4.78, 5) is 24.8. The van der Waals surface area contributed by atoms with E-state index in [1.165, 1.54) is 4.88 Å². The Morgan fingerprint density at radius 3 is 2.82 bits per heavy atom. The number of hydrogen-bond acceptors (Lipinski definition) is 8. The Kier molecular flexibility index (Phi) is 9.72. The maximum atomic E-state index is 11.9. The molecule has 2 aromatic rings. The Labute approximate surface area is 201 Å². The predicted molar refractivity (Wildman–Crippen MR) is 134 cm³/mol. The number of hydrogen-bond donors (Lipinski definition) is 0. The van der Waals surface area contributed by atoms with Crippen LogP contribution in [0.5, 0.6) is 5.75 Å². The van der Waals surface area contributed by atoms with Crippen molar-refractivity contribution in [2.75, 3.05) is 64.4 Å². The largest absolute Gasteiger partial charge is 0.493 e. The summed E-state index contributed by atoms with van der Waals surface area (Å²) in [5, 5.41) is 1.13. The van der Waals surface area contributed by atoms with Crippen molar-refractivity contribution in [3.63, 3.8) is 0 Å². The van der Waals surface area contributed by atoms with E-state index >= 15 is 0 Å². The van der Waals surface area contributed by atoms with Gasteiger partial charge in [0.25, 0.3) is 0 Å². The topological polar surface area (TPSA) is 58.1 Å². The van der Waals surface area contributed by atoms with Crippen molar-refractivity contribution in [3.05, 3.63) is 53.1 Å². The van der Waals surface area contributed by atoms with E-state index in [1.807, 2.05) is 36.1 Å². The second-order valence-corrected chi connectivity index (χ2v) is 9.48. The summed E-state index contributed by atoms with van der Waals surface area (Å²) in [7, 11) is 2.17. The van der Waals surface area contributed by atoms with Crippen molar-refractivity contribution in [2.45, 2.75) is 26.8 Å². The Bertz CT molecular complexity index is 909. The number of aryl methyl sites for hydroxylation is 1. The maximum absolute atomic E-state index is 11.9. The van der Waals surface area contributed by atoms with Crippen molar-refractivity contribution in [1.82, 2.24) is 14.8 Å². The van der Waals surface area contributed by atoms with E-state index in [0.717, 1.165) is 54.7 Å². The van der Waals surface area contributed by atoms with Gasteiger partial charge in [-0.1, -0.05) is 18.2 Å². The summed E-state index contributed by atoms with van der Waals surface area (Å²) < 4.78 is 11.1. The van der Waals surface area contributed by atoms with Gasteiger partial charge in [-0.2, -0.15) is 0 Å². The number of nitrogens with zero attached hydrogens (tertiary/aromatic N) is 4. The van der Waals surface area contributed by atoms with E-state index in [4.69, 9.17) is 14.5 Å². The molecule has 1 aliphatic rings. The lowest BCUT2D eigenvalue weighted by atomic mass is 10.2. The fourth-order valence-corrected chi connectivity index (χ4v) is 4.80. The zero-order chi connectivity index (χ0) is 23.6. The lowest BCUT2D eigenvalue weighted by molar-refractivity contribution is -0.144. The molecule has 0 radical (unpaired) electrons. The highest BCUT2D eigenvalue weighted by Gasteiger charge is 2.18. The standard InChI is InChI=1S/C25H36N4O3S/c1-5-11-28(19-24(30)31-6-2)18-21-8-7-9-22(17-21)32-16-10-23-20(3)33-25(26-23)29-14-12-27(4)13-15-29/h5,7-9,17H,1,6,10-16,18-19H2,2-4H3. The number of esters is 1. The molecule has 1 aliphatic heterocycles. The minimum atomic E-state index is -0.221. The lowest BCUT2D eigenvalue weighted by Crippen LogP contribution is -2.44. The predicted octanol–water partition coefficient (Wildman–Crippen LogP) is 3.38. The molecule has 33 heavy (non-hydrogen) atoms. The average Bonchev–Trinajstić information content (AvgIpc) is 3.15. The van der Waals surface area contributed by atoms with Gasteiger partial charge in [0.05, 0.1) is 25.5 Å². The molecule has 8 heteroatoms. The van der Waals surface area contributed by atoms with Gasteiger partial charge >= 0.3 is 5.97 Å². The number of aromatic nitrogens is 1. The van der Waals surface area contributed by atoms with Crippen molar-refractivity contribution < 1.29 is 14.3 Å². The van der Waals surface area contributed by atoms with E-state index in [9.17, 15) is 4.79 Å². The van der Waals surface area contributed by atoms with Crippen LogP contribution in [0.2, 0.25) is 0 Å². The van der Waals surface area contributed by atoms with Crippen LogP contribution in [-0.4, -0.2) is 80.3 Å². The molecule has 0 unspecified atom stereocenters. The van der Waals surface area contributed by atoms with Gasteiger partial charge in [-0.05, 0) is 38.6 Å². The van der Waals surface area contributed by atoms with Crippen LogP contribution in [0.15, 0.2) is 36.9 Å². The minimum absolute atomic E-state index is 0.221. The summed E-state index contributed by atoms with van der Waals surface area (Å²) in [6, 6.07) is 8.03. The molecular formula is C25H36N4O3S. The number of piperazine rings is 1. The van der Waals surface area contributed by atoms with E-state index in [2.05, 4.69) is 30.4 Å². The highest BCUT2D eigenvalue weighted by molar-refractivity contribution is 7.15. The smallest absolute Gasteiger partial charge is 0.320 e. The summed E-state index contributed by atoms with van der Waals surface area (Å²) in [6.07, 6.45) is 2.58. The molecule has 0 aliphatic carbocycles. The summed E-state index contributed by atoms with van der Waals surface area (Å²) in [6.45, 7) is 14.4. The Morgan fingerprint density at radius 1 is 1.30 bits per heavy atom. The van der Waals surface area contributed by atoms with Crippen LogP contribution < -0.4 is 9.64 Å². The van der Waals surface area contributed by atoms with Crippen LogP contribution in [0.1, 0.15) is 23.1 Å². The van der Waals surface area contributed by atoms with E-state index in [0.29, 0.717) is 26.3 Å². The normalized spacial score (nSPS) is 14.5. The van der Waals surface area contributed by atoms with E-state index in [1.54, 1.807) is 17.4 Å². The second kappa shape index (κ2) is 12.7. The van der Waals surface area contributed by atoms with Gasteiger partial charge in [-0.3, -0.25) is 9.69 Å². The van der Waals surface area contributed by atoms with Crippen LogP contribution in [-0.2, 0) is 22.5 Å². The SMILES string of the molecule is C=CCN(CC(=O)OCC)Cc1cccc(OCCc2nc(N3CCN(C)CC3)sc2C)c1. The van der Waals surface area contributed by atoms with Crippen molar-refractivity contribution in [3.8, 4) is 5.75 Å². The van der Waals surface area contributed by atoms with Gasteiger partial charge in [-0.15, -0.1) is 17.9 Å². The fourth-order valence-electron chi connectivity index (χ4n) is 3.79. The molecule has 0 atom stereocenters. The van der Waals surface area contributed by atoms with Crippen LogP contribution in [0.25, 0.3) is 0 Å². The summed E-state index contributed by atoms with van der Waals surface area (Å²) in [5.41, 5.74) is 2.21. The molecule has 180 valence electrons. The number of anilines is 1. The Balaban J connectivity index is 1.52. The Hall–Kier alpha value is -2.42. The number of likely N-dealkylation sites (N-methyl/N-ethyl adjacent to an activating group) is 1. The fraction of sp³-hybridized carbons (Fsp3) is 0.520. The number of rotatable bonds is 12. The molecule has 0 amide bonds. The molecule has 7 nitrogen and oxygen atoms in total. The zero-order valence-electron chi connectivity index (χ0n) is 20.1. The van der Waals surface area contributed by atoms with Crippen LogP contribution in [0, 0.1) is 6.92 Å². The molecule has 1 fully saturated rings. The molecular weight excluding hydrogens is 436 g/mol. The average molecular weight is 473 g/mol. The monoisotopic (exact) mass is 472 g/mol. The number of carbonyl (C=O) groups excluding carboxylic acids is 1. The number of benzene rings is 1. The summed E-state index contributed by atoms with van der Waals surface area (Å²) in [5.74, 6) is 0.607. The Morgan fingerprint density at radius 2 is 2.09 bits per heavy atom. The van der Waals surface area contributed by atoms with Crippen LogP contribution >= 0.6 is 11.3 Å². The minimum Gasteiger partial charge on any atom is -0.493 e. The number of thiazole rings is 1. The molecule has 0 saturated carbocycles. The van der Waals surface area contributed by atoms with E-state index < -0.39 is 0 Å². The molecule has 1 aromatic heterocycles.